The predicted molar refractivity (Wildman–Crippen MR) is 51.5 cm³/mol. The van der Waals surface area contributed by atoms with Gasteiger partial charge in [0.1, 0.15) is 0 Å². The average molecular weight is 250 g/mol. The fourth-order valence-electron chi connectivity index (χ4n) is 1.28. The highest BCUT2D eigenvalue weighted by Gasteiger charge is 2.26. The molecule has 0 aromatic heterocycles. The largest absolute Gasteiger partial charge is 0.478 e. The van der Waals surface area contributed by atoms with Crippen LogP contribution < -0.4 is 0 Å². The first-order valence-corrected chi connectivity index (χ1v) is 5.98. The zero-order valence-corrected chi connectivity index (χ0v) is 8.96. The highest BCUT2D eigenvalue weighted by Crippen LogP contribution is 2.29. The van der Waals surface area contributed by atoms with Crippen molar-refractivity contribution in [3.63, 3.8) is 0 Å². The minimum atomic E-state index is -3.88. The van der Waals surface area contributed by atoms with Crippen molar-refractivity contribution in [3.8, 4) is 0 Å². The molecule has 1 N–H and O–H groups in total. The summed E-state index contributed by atoms with van der Waals surface area (Å²) in [6.45, 7) is 0. The van der Waals surface area contributed by atoms with E-state index in [1.165, 1.54) is 0 Å². The number of benzene rings is 1. The van der Waals surface area contributed by atoms with E-state index >= 15 is 0 Å². The molecule has 0 heterocycles. The molecule has 0 fully saturated rings. The van der Waals surface area contributed by atoms with Crippen LogP contribution in [-0.2, 0) is 9.84 Å². The molecule has 7 heteroatoms. The highest BCUT2D eigenvalue weighted by atomic mass is 32.2. The normalized spacial score (nSPS) is 11.8. The van der Waals surface area contributed by atoms with Crippen LogP contribution >= 0.6 is 0 Å². The number of alkyl halides is 2. The number of halogens is 2. The third-order valence-electron chi connectivity index (χ3n) is 1.91. The molecule has 0 spiro atoms. The second-order valence-electron chi connectivity index (χ2n) is 3.10. The van der Waals surface area contributed by atoms with Gasteiger partial charge in [-0.05, 0) is 12.1 Å². The summed E-state index contributed by atoms with van der Waals surface area (Å²) in [7, 11) is -3.88. The summed E-state index contributed by atoms with van der Waals surface area (Å²) in [4.78, 5) is 10.0. The van der Waals surface area contributed by atoms with Crippen LogP contribution in [-0.4, -0.2) is 25.7 Å². The van der Waals surface area contributed by atoms with Gasteiger partial charge in [0, 0.05) is 6.26 Å². The van der Waals surface area contributed by atoms with E-state index in [9.17, 15) is 22.0 Å². The molecular formula is C9H8F2O4S. The van der Waals surface area contributed by atoms with Crippen LogP contribution in [0, 0.1) is 0 Å². The van der Waals surface area contributed by atoms with E-state index in [1.54, 1.807) is 0 Å². The molecule has 0 aliphatic carbocycles. The zero-order chi connectivity index (χ0) is 12.5. The van der Waals surface area contributed by atoms with Gasteiger partial charge in [-0.1, -0.05) is 6.07 Å². The van der Waals surface area contributed by atoms with Gasteiger partial charge in [0.2, 0.25) is 0 Å². The fourth-order valence-corrected chi connectivity index (χ4v) is 2.20. The zero-order valence-electron chi connectivity index (χ0n) is 8.15. The van der Waals surface area contributed by atoms with Crippen molar-refractivity contribution in [2.24, 2.45) is 0 Å². The van der Waals surface area contributed by atoms with Crippen molar-refractivity contribution in [1.82, 2.24) is 0 Å². The molecule has 0 bridgehead atoms. The number of hydrogen-bond donors (Lipinski definition) is 1. The molecular weight excluding hydrogens is 242 g/mol. The first kappa shape index (κ1) is 12.6. The second kappa shape index (κ2) is 4.17. The quantitative estimate of drug-likeness (QED) is 0.886. The van der Waals surface area contributed by atoms with Crippen molar-refractivity contribution in [2.45, 2.75) is 11.3 Å². The van der Waals surface area contributed by atoms with Crippen LogP contribution in [0.15, 0.2) is 23.1 Å². The van der Waals surface area contributed by atoms with E-state index in [1.807, 2.05) is 0 Å². The van der Waals surface area contributed by atoms with Crippen LogP contribution in [0.4, 0.5) is 8.78 Å². The van der Waals surface area contributed by atoms with E-state index in [-0.39, 0.29) is 0 Å². The third-order valence-corrected chi connectivity index (χ3v) is 3.07. The predicted octanol–water partition coefficient (Wildman–Crippen LogP) is 1.73. The van der Waals surface area contributed by atoms with Gasteiger partial charge < -0.3 is 5.11 Å². The van der Waals surface area contributed by atoms with Gasteiger partial charge in [-0.3, -0.25) is 0 Å². The van der Waals surface area contributed by atoms with Crippen molar-refractivity contribution < 1.29 is 27.1 Å². The van der Waals surface area contributed by atoms with Crippen LogP contribution in [0.3, 0.4) is 0 Å². The topological polar surface area (TPSA) is 71.4 Å². The number of aromatic carboxylic acids is 1. The molecule has 1 aromatic rings. The van der Waals surface area contributed by atoms with Crippen LogP contribution in [0.2, 0.25) is 0 Å². The molecule has 0 saturated heterocycles. The Morgan fingerprint density at radius 2 is 1.94 bits per heavy atom. The van der Waals surface area contributed by atoms with Crippen molar-refractivity contribution in [3.05, 3.63) is 29.3 Å². The smallest absolute Gasteiger partial charge is 0.336 e. The van der Waals surface area contributed by atoms with Crippen molar-refractivity contribution in [1.29, 1.82) is 0 Å². The molecule has 0 saturated carbocycles. The third kappa shape index (κ3) is 2.35. The Morgan fingerprint density at radius 1 is 1.38 bits per heavy atom. The number of sulfone groups is 1. The Morgan fingerprint density at radius 3 is 2.31 bits per heavy atom. The van der Waals surface area contributed by atoms with Crippen molar-refractivity contribution in [2.75, 3.05) is 6.26 Å². The van der Waals surface area contributed by atoms with E-state index in [2.05, 4.69) is 0 Å². The van der Waals surface area contributed by atoms with Crippen LogP contribution in [0.5, 0.6) is 0 Å². The number of carboxylic acid groups (broad SMARTS) is 1. The Labute approximate surface area is 90.4 Å². The maximum absolute atomic E-state index is 12.7. The standard InChI is InChI=1S/C9H8F2O4S/c1-16(14,15)6-4-2-3-5(9(12)13)7(6)8(10)11/h2-4,8H,1H3,(H,12,13). The Balaban J connectivity index is 3.65. The summed E-state index contributed by atoms with van der Waals surface area (Å²) in [5.41, 5.74) is -1.66. The van der Waals surface area contributed by atoms with Gasteiger partial charge in [-0.15, -0.1) is 0 Å². The molecule has 1 rings (SSSR count). The summed E-state index contributed by atoms with van der Waals surface area (Å²) >= 11 is 0. The Bertz CT molecular complexity index is 522. The molecule has 0 aliphatic heterocycles. The van der Waals surface area contributed by atoms with Gasteiger partial charge in [-0.2, -0.15) is 0 Å². The summed E-state index contributed by atoms with van der Waals surface area (Å²) in [5.74, 6) is -1.58. The van der Waals surface area contributed by atoms with E-state index in [0.29, 0.717) is 0 Å². The second-order valence-corrected chi connectivity index (χ2v) is 5.08. The molecule has 0 atom stereocenters. The van der Waals surface area contributed by atoms with Gasteiger partial charge >= 0.3 is 5.97 Å². The molecule has 88 valence electrons. The number of carbonyl (C=O) groups is 1. The minimum Gasteiger partial charge on any atom is -0.478 e. The highest BCUT2D eigenvalue weighted by molar-refractivity contribution is 7.90. The van der Waals surface area contributed by atoms with Gasteiger partial charge in [-0.25, -0.2) is 22.0 Å². The van der Waals surface area contributed by atoms with Gasteiger partial charge in [0.05, 0.1) is 16.0 Å². The monoisotopic (exact) mass is 250 g/mol. The SMILES string of the molecule is CS(=O)(=O)c1cccc(C(=O)O)c1C(F)F. The van der Waals surface area contributed by atoms with Gasteiger partial charge in [0.15, 0.2) is 9.84 Å². The lowest BCUT2D eigenvalue weighted by Crippen LogP contribution is -2.09. The van der Waals surface area contributed by atoms with E-state index < -0.39 is 38.3 Å². The summed E-state index contributed by atoms with van der Waals surface area (Å²) in [6.07, 6.45) is -2.41. The lowest BCUT2D eigenvalue weighted by Gasteiger charge is -2.09. The molecule has 0 radical (unpaired) electrons. The summed E-state index contributed by atoms with van der Waals surface area (Å²) in [6, 6.07) is 3.02. The molecule has 4 nitrogen and oxygen atoms in total. The Hall–Kier alpha value is -1.50. The molecule has 0 unspecified atom stereocenters. The first-order valence-electron chi connectivity index (χ1n) is 4.09. The van der Waals surface area contributed by atoms with E-state index in [4.69, 9.17) is 5.11 Å². The maximum Gasteiger partial charge on any atom is 0.336 e. The Kier molecular flexibility index (Phi) is 3.27. The first-order chi connectivity index (χ1) is 7.25. The number of carboxylic acids is 1. The summed E-state index contributed by atoms with van der Waals surface area (Å²) in [5, 5.41) is 8.68. The molecule has 1 aromatic carbocycles. The lowest BCUT2D eigenvalue weighted by molar-refractivity contribution is 0.0683. The number of rotatable bonds is 3. The average Bonchev–Trinajstić information content (AvgIpc) is 2.14. The molecule has 0 aliphatic rings. The molecule has 0 amide bonds. The van der Waals surface area contributed by atoms with Crippen LogP contribution in [0.1, 0.15) is 22.3 Å². The van der Waals surface area contributed by atoms with Crippen molar-refractivity contribution >= 4 is 15.8 Å². The van der Waals surface area contributed by atoms with Gasteiger partial charge in [0.25, 0.3) is 6.43 Å². The van der Waals surface area contributed by atoms with Crippen LogP contribution in [0.25, 0.3) is 0 Å². The van der Waals surface area contributed by atoms with E-state index in [0.717, 1.165) is 24.5 Å². The molecule has 16 heavy (non-hydrogen) atoms. The lowest BCUT2D eigenvalue weighted by atomic mass is 10.1. The summed E-state index contributed by atoms with van der Waals surface area (Å²) < 4.78 is 47.7. The maximum atomic E-state index is 12.7. The fraction of sp³-hybridized carbons (Fsp3) is 0.222. The minimum absolute atomic E-state index is 0.651. The number of hydrogen-bond acceptors (Lipinski definition) is 3.